The molecule has 0 aliphatic carbocycles. The number of carbonyl (C=O) groups is 1. The van der Waals surface area contributed by atoms with Crippen molar-refractivity contribution >= 4 is 17.2 Å². The van der Waals surface area contributed by atoms with E-state index in [2.05, 4.69) is 10.3 Å². The van der Waals surface area contributed by atoms with Crippen molar-refractivity contribution in [1.29, 1.82) is 0 Å². The lowest BCUT2D eigenvalue weighted by Crippen LogP contribution is -2.38. The minimum Gasteiger partial charge on any atom is -0.396 e. The Morgan fingerprint density at radius 2 is 2.53 bits per heavy atom. The number of nitrogens with two attached hydrogens (primary N) is 1. The number of rotatable bonds is 7. The van der Waals surface area contributed by atoms with Crippen LogP contribution in [0.3, 0.4) is 0 Å². The Hall–Kier alpha value is -1.02. The van der Waals surface area contributed by atoms with Crippen LogP contribution in [0.25, 0.3) is 0 Å². The van der Waals surface area contributed by atoms with Crippen LogP contribution in [-0.4, -0.2) is 42.4 Å². The lowest BCUT2D eigenvalue weighted by molar-refractivity contribution is 0.0874. The summed E-state index contributed by atoms with van der Waals surface area (Å²) in [4.78, 5) is 15.9. The van der Waals surface area contributed by atoms with Crippen LogP contribution >= 0.6 is 11.3 Å². The number of thiazole rings is 1. The highest BCUT2D eigenvalue weighted by atomic mass is 32.1. The van der Waals surface area contributed by atoms with Gasteiger partial charge in [-0.2, -0.15) is 0 Å². The van der Waals surface area contributed by atoms with Gasteiger partial charge in [-0.1, -0.05) is 0 Å². The summed E-state index contributed by atoms with van der Waals surface area (Å²) in [6, 6.07) is -0.208. The van der Waals surface area contributed by atoms with Crippen molar-refractivity contribution in [3.05, 3.63) is 16.1 Å². The molecule has 96 valence electrons. The third-order valence-corrected chi connectivity index (χ3v) is 3.01. The van der Waals surface area contributed by atoms with Crippen molar-refractivity contribution in [3.8, 4) is 0 Å². The maximum Gasteiger partial charge on any atom is 0.271 e. The van der Waals surface area contributed by atoms with Crippen molar-refractivity contribution in [3.63, 3.8) is 0 Å². The number of aliphatic hydroxyl groups is 1. The van der Waals surface area contributed by atoms with Gasteiger partial charge in [-0.05, 0) is 6.42 Å². The number of methoxy groups -OCH3 is 1. The van der Waals surface area contributed by atoms with E-state index in [1.807, 2.05) is 0 Å². The molecule has 4 N–H and O–H groups in total. The first-order chi connectivity index (χ1) is 8.21. The number of carbonyl (C=O) groups excluding carboxylic acids is 1. The summed E-state index contributed by atoms with van der Waals surface area (Å²) in [5.41, 5.74) is 5.78. The molecule has 1 unspecified atom stereocenters. The SMILES string of the molecule is COCC(CCO)NC(=O)c1csc(CN)n1. The molecule has 0 aliphatic rings. The van der Waals surface area contributed by atoms with Crippen LogP contribution in [0.2, 0.25) is 0 Å². The highest BCUT2D eigenvalue weighted by Gasteiger charge is 2.15. The summed E-state index contributed by atoms with van der Waals surface area (Å²) in [5.74, 6) is -0.267. The lowest BCUT2D eigenvalue weighted by Gasteiger charge is -2.15. The molecular formula is C10H17N3O3S. The van der Waals surface area contributed by atoms with E-state index in [4.69, 9.17) is 15.6 Å². The summed E-state index contributed by atoms with van der Waals surface area (Å²) in [6.45, 7) is 0.690. The van der Waals surface area contributed by atoms with Gasteiger partial charge in [0.1, 0.15) is 10.7 Å². The second kappa shape index (κ2) is 7.33. The van der Waals surface area contributed by atoms with E-state index in [0.717, 1.165) is 5.01 Å². The molecule has 1 heterocycles. The Labute approximate surface area is 104 Å². The van der Waals surface area contributed by atoms with Gasteiger partial charge in [0.05, 0.1) is 12.6 Å². The van der Waals surface area contributed by atoms with E-state index in [0.29, 0.717) is 25.3 Å². The quantitative estimate of drug-likeness (QED) is 0.626. The smallest absolute Gasteiger partial charge is 0.271 e. The molecule has 0 aromatic carbocycles. The van der Waals surface area contributed by atoms with E-state index in [1.54, 1.807) is 12.5 Å². The van der Waals surface area contributed by atoms with Crippen molar-refractivity contribution in [2.75, 3.05) is 20.3 Å². The minimum absolute atomic E-state index is 0.000573. The Bertz CT molecular complexity index is 350. The predicted molar refractivity (Wildman–Crippen MR) is 64.8 cm³/mol. The van der Waals surface area contributed by atoms with Gasteiger partial charge in [-0.25, -0.2) is 4.98 Å². The number of aliphatic hydroxyl groups excluding tert-OH is 1. The third kappa shape index (κ3) is 4.39. The molecule has 1 aromatic heterocycles. The molecule has 0 bridgehead atoms. The monoisotopic (exact) mass is 259 g/mol. The topological polar surface area (TPSA) is 97.5 Å². The van der Waals surface area contributed by atoms with Gasteiger partial charge in [0.2, 0.25) is 0 Å². The first kappa shape index (κ1) is 14.0. The van der Waals surface area contributed by atoms with Gasteiger partial charge >= 0.3 is 0 Å². The van der Waals surface area contributed by atoms with E-state index in [9.17, 15) is 4.79 Å². The van der Waals surface area contributed by atoms with Crippen molar-refractivity contribution in [2.24, 2.45) is 5.73 Å². The highest BCUT2D eigenvalue weighted by Crippen LogP contribution is 2.09. The van der Waals surface area contributed by atoms with Crippen LogP contribution in [-0.2, 0) is 11.3 Å². The second-order valence-corrected chi connectivity index (χ2v) is 4.41. The molecule has 0 saturated heterocycles. The Kier molecular flexibility index (Phi) is 6.06. The standard InChI is InChI=1S/C10H17N3O3S/c1-16-5-7(2-3-14)12-10(15)8-6-17-9(4-11)13-8/h6-7,14H,2-5,11H2,1H3,(H,12,15). The van der Waals surface area contributed by atoms with Crippen molar-refractivity contribution in [2.45, 2.75) is 19.0 Å². The first-order valence-corrected chi connectivity index (χ1v) is 6.14. The Balaban J connectivity index is 2.56. The molecule has 0 saturated carbocycles. The van der Waals surface area contributed by atoms with E-state index < -0.39 is 0 Å². The second-order valence-electron chi connectivity index (χ2n) is 3.47. The maximum atomic E-state index is 11.8. The third-order valence-electron chi connectivity index (χ3n) is 2.14. The minimum atomic E-state index is -0.267. The molecule has 0 aliphatic heterocycles. The number of nitrogens with zero attached hydrogens (tertiary/aromatic N) is 1. The molecule has 17 heavy (non-hydrogen) atoms. The van der Waals surface area contributed by atoms with Crippen molar-refractivity contribution in [1.82, 2.24) is 10.3 Å². The molecule has 0 spiro atoms. The summed E-state index contributed by atoms with van der Waals surface area (Å²) in [6.07, 6.45) is 0.452. The molecule has 1 atom stereocenters. The predicted octanol–water partition coefficient (Wildman–Crippen LogP) is -0.271. The van der Waals surface area contributed by atoms with Crippen LogP contribution in [0.4, 0.5) is 0 Å². The number of ether oxygens (including phenoxy) is 1. The molecule has 0 radical (unpaired) electrons. The average Bonchev–Trinajstić information content (AvgIpc) is 2.78. The molecule has 1 rings (SSSR count). The number of nitrogens with one attached hydrogen (secondary N) is 1. The zero-order valence-corrected chi connectivity index (χ0v) is 10.5. The summed E-state index contributed by atoms with van der Waals surface area (Å²) >= 11 is 1.35. The highest BCUT2D eigenvalue weighted by molar-refractivity contribution is 7.09. The van der Waals surface area contributed by atoms with E-state index in [1.165, 1.54) is 11.3 Å². The largest absolute Gasteiger partial charge is 0.396 e. The van der Waals surface area contributed by atoms with E-state index >= 15 is 0 Å². The van der Waals surface area contributed by atoms with Gasteiger partial charge in [0.15, 0.2) is 0 Å². The van der Waals surface area contributed by atoms with E-state index in [-0.39, 0.29) is 18.6 Å². The van der Waals surface area contributed by atoms with Gasteiger partial charge in [-0.15, -0.1) is 11.3 Å². The zero-order chi connectivity index (χ0) is 12.7. The molecular weight excluding hydrogens is 242 g/mol. The fourth-order valence-corrected chi connectivity index (χ4v) is 1.98. The number of hydrogen-bond donors (Lipinski definition) is 3. The molecule has 0 fully saturated rings. The summed E-state index contributed by atoms with van der Waals surface area (Å²) < 4.78 is 4.96. The summed E-state index contributed by atoms with van der Waals surface area (Å²) in [7, 11) is 1.55. The fourth-order valence-electron chi connectivity index (χ4n) is 1.32. The van der Waals surface area contributed by atoms with Gasteiger partial charge in [0.25, 0.3) is 5.91 Å². The van der Waals surface area contributed by atoms with Crippen molar-refractivity contribution < 1.29 is 14.6 Å². The Morgan fingerprint density at radius 3 is 3.06 bits per heavy atom. The normalized spacial score (nSPS) is 12.4. The Morgan fingerprint density at radius 1 is 1.76 bits per heavy atom. The molecule has 1 amide bonds. The first-order valence-electron chi connectivity index (χ1n) is 5.26. The molecule has 6 nitrogen and oxygen atoms in total. The molecule has 7 heteroatoms. The fraction of sp³-hybridized carbons (Fsp3) is 0.600. The number of aromatic nitrogens is 1. The van der Waals surface area contributed by atoms with Crippen LogP contribution in [0.1, 0.15) is 21.9 Å². The van der Waals surface area contributed by atoms with Gasteiger partial charge in [0, 0.05) is 25.6 Å². The van der Waals surface area contributed by atoms with Crippen LogP contribution < -0.4 is 11.1 Å². The lowest BCUT2D eigenvalue weighted by atomic mass is 10.2. The van der Waals surface area contributed by atoms with Gasteiger partial charge in [-0.3, -0.25) is 4.79 Å². The average molecular weight is 259 g/mol. The zero-order valence-electron chi connectivity index (χ0n) is 9.68. The molecule has 1 aromatic rings. The van der Waals surface area contributed by atoms with Crippen LogP contribution in [0.15, 0.2) is 5.38 Å². The van der Waals surface area contributed by atoms with Crippen LogP contribution in [0.5, 0.6) is 0 Å². The maximum absolute atomic E-state index is 11.8. The summed E-state index contributed by atoms with van der Waals surface area (Å²) in [5, 5.41) is 14.0. The number of amides is 1. The van der Waals surface area contributed by atoms with Gasteiger partial charge < -0.3 is 20.9 Å². The number of hydrogen-bond acceptors (Lipinski definition) is 6. The van der Waals surface area contributed by atoms with Crippen LogP contribution in [0, 0.1) is 0 Å².